The van der Waals surface area contributed by atoms with E-state index in [1.165, 1.54) is 4.90 Å². The Morgan fingerprint density at radius 1 is 1.53 bits per heavy atom. The van der Waals surface area contributed by atoms with Crippen molar-refractivity contribution >= 4 is 23.6 Å². The predicted octanol–water partition coefficient (Wildman–Crippen LogP) is -0.00170. The molecule has 0 aromatic rings. The van der Waals surface area contributed by atoms with Crippen molar-refractivity contribution in [2.75, 3.05) is 19.1 Å². The summed E-state index contributed by atoms with van der Waals surface area (Å²) in [6, 6.07) is -0.885. The number of carbonyl (C=O) groups is 2. The minimum Gasteiger partial charge on any atom is -0.481 e. The summed E-state index contributed by atoms with van der Waals surface area (Å²) in [6.45, 7) is 1.90. The Morgan fingerprint density at radius 2 is 2.07 bits per heavy atom. The molecule has 0 saturated carbocycles. The Kier molecular flexibility index (Phi) is 6.35. The third-order valence-electron chi connectivity index (χ3n) is 2.13. The first kappa shape index (κ1) is 14.2. The molecule has 0 bridgehead atoms. The third-order valence-corrected chi connectivity index (χ3v) is 2.94. The van der Waals surface area contributed by atoms with Crippen LogP contribution in [-0.2, 0) is 9.59 Å². The van der Waals surface area contributed by atoms with E-state index in [1.807, 2.05) is 13.2 Å². The Morgan fingerprint density at radius 3 is 2.47 bits per heavy atom. The number of nitrogens with zero attached hydrogens (tertiary/aromatic N) is 1. The summed E-state index contributed by atoms with van der Waals surface area (Å²) in [5.41, 5.74) is 5.47. The summed E-state index contributed by atoms with van der Waals surface area (Å²) in [5, 5.41) is 8.50. The summed E-state index contributed by atoms with van der Waals surface area (Å²) < 4.78 is 0. The smallest absolute Gasteiger partial charge is 0.305 e. The molecule has 6 heteroatoms. The lowest BCUT2D eigenvalue weighted by Crippen LogP contribution is -2.47. The molecule has 0 fully saturated rings. The Labute approximate surface area is 94.0 Å². The van der Waals surface area contributed by atoms with Crippen molar-refractivity contribution in [3.63, 3.8) is 0 Å². The zero-order valence-corrected chi connectivity index (χ0v) is 10.1. The first-order valence-electron chi connectivity index (χ1n) is 4.63. The number of hydrogen-bond donors (Lipinski definition) is 2. The van der Waals surface area contributed by atoms with Crippen molar-refractivity contribution in [3.05, 3.63) is 0 Å². The molecular formula is C9H18N2O3S. The maximum absolute atomic E-state index is 11.6. The van der Waals surface area contributed by atoms with Crippen LogP contribution in [0.15, 0.2) is 0 Å². The first-order valence-corrected chi connectivity index (χ1v) is 6.02. The first-order chi connectivity index (χ1) is 6.90. The Hall–Kier alpha value is -0.750. The van der Waals surface area contributed by atoms with Crippen LogP contribution in [-0.4, -0.2) is 53.0 Å². The topological polar surface area (TPSA) is 83.6 Å². The molecule has 0 heterocycles. The van der Waals surface area contributed by atoms with Crippen LogP contribution in [0.2, 0.25) is 0 Å². The molecule has 0 radical (unpaired) electrons. The number of nitrogens with two attached hydrogens (primary N) is 1. The quantitative estimate of drug-likeness (QED) is 0.676. The van der Waals surface area contributed by atoms with Gasteiger partial charge in [0.2, 0.25) is 5.91 Å². The van der Waals surface area contributed by atoms with E-state index in [4.69, 9.17) is 10.8 Å². The SMILES string of the molecule is CSCC(C)N(C)C(=O)C(N)CC(=O)O. The lowest BCUT2D eigenvalue weighted by Gasteiger charge is -2.26. The predicted molar refractivity (Wildman–Crippen MR) is 60.8 cm³/mol. The van der Waals surface area contributed by atoms with E-state index >= 15 is 0 Å². The van der Waals surface area contributed by atoms with E-state index in [9.17, 15) is 9.59 Å². The largest absolute Gasteiger partial charge is 0.481 e. The van der Waals surface area contributed by atoms with Gasteiger partial charge in [-0.3, -0.25) is 9.59 Å². The fourth-order valence-electron chi connectivity index (χ4n) is 1.11. The monoisotopic (exact) mass is 234 g/mol. The maximum atomic E-state index is 11.6. The van der Waals surface area contributed by atoms with Crippen LogP contribution < -0.4 is 5.73 Å². The van der Waals surface area contributed by atoms with Crippen LogP contribution in [0.3, 0.4) is 0 Å². The van der Waals surface area contributed by atoms with Gasteiger partial charge in [-0.1, -0.05) is 0 Å². The summed E-state index contributed by atoms with van der Waals surface area (Å²) >= 11 is 1.63. The molecule has 0 aliphatic rings. The standard InChI is InChI=1S/C9H18N2O3S/c1-6(5-15-3)11(2)9(14)7(10)4-8(12)13/h6-7H,4-5,10H2,1-3H3,(H,12,13). The number of thioether (sulfide) groups is 1. The average Bonchev–Trinajstić information content (AvgIpc) is 2.14. The number of likely N-dealkylation sites (N-methyl/N-ethyl adjacent to an activating group) is 1. The highest BCUT2D eigenvalue weighted by atomic mass is 32.2. The van der Waals surface area contributed by atoms with E-state index in [0.717, 1.165) is 5.75 Å². The summed E-state index contributed by atoms with van der Waals surface area (Å²) in [5.74, 6) is -0.567. The molecule has 0 aliphatic heterocycles. The summed E-state index contributed by atoms with van der Waals surface area (Å²) in [7, 11) is 1.64. The van der Waals surface area contributed by atoms with E-state index in [0.29, 0.717) is 0 Å². The molecular weight excluding hydrogens is 216 g/mol. The van der Waals surface area contributed by atoms with Crippen molar-refractivity contribution in [3.8, 4) is 0 Å². The normalized spacial score (nSPS) is 14.4. The fraction of sp³-hybridized carbons (Fsp3) is 0.778. The second-order valence-corrected chi connectivity index (χ2v) is 4.37. The lowest BCUT2D eigenvalue weighted by atomic mass is 10.2. The molecule has 5 nitrogen and oxygen atoms in total. The summed E-state index contributed by atoms with van der Waals surface area (Å²) in [4.78, 5) is 23.5. The second kappa shape index (κ2) is 6.68. The van der Waals surface area contributed by atoms with Gasteiger partial charge < -0.3 is 15.7 Å². The van der Waals surface area contributed by atoms with Crippen molar-refractivity contribution in [1.29, 1.82) is 0 Å². The number of rotatable bonds is 6. The number of hydrogen-bond acceptors (Lipinski definition) is 4. The van der Waals surface area contributed by atoms with Gasteiger partial charge in [-0.2, -0.15) is 11.8 Å². The second-order valence-electron chi connectivity index (χ2n) is 3.46. The highest BCUT2D eigenvalue weighted by Crippen LogP contribution is 2.06. The molecule has 0 rings (SSSR count). The maximum Gasteiger partial charge on any atom is 0.305 e. The van der Waals surface area contributed by atoms with Crippen molar-refractivity contribution in [2.24, 2.45) is 5.73 Å². The van der Waals surface area contributed by atoms with Gasteiger partial charge in [0.15, 0.2) is 0 Å². The molecule has 0 saturated heterocycles. The van der Waals surface area contributed by atoms with Gasteiger partial charge in [-0.25, -0.2) is 0 Å². The van der Waals surface area contributed by atoms with Crippen molar-refractivity contribution in [2.45, 2.75) is 25.4 Å². The van der Waals surface area contributed by atoms with E-state index in [1.54, 1.807) is 18.8 Å². The van der Waals surface area contributed by atoms with Gasteiger partial charge in [-0.15, -0.1) is 0 Å². The van der Waals surface area contributed by atoms with Crippen LogP contribution in [0.25, 0.3) is 0 Å². The van der Waals surface area contributed by atoms with Crippen LogP contribution in [0, 0.1) is 0 Å². The fourth-order valence-corrected chi connectivity index (χ4v) is 1.81. The molecule has 0 aliphatic carbocycles. The molecule has 1 amide bonds. The molecule has 15 heavy (non-hydrogen) atoms. The van der Waals surface area contributed by atoms with E-state index in [2.05, 4.69) is 0 Å². The van der Waals surface area contributed by atoms with Crippen molar-refractivity contribution in [1.82, 2.24) is 4.90 Å². The van der Waals surface area contributed by atoms with Gasteiger partial charge in [0.05, 0.1) is 12.5 Å². The van der Waals surface area contributed by atoms with Crippen LogP contribution >= 0.6 is 11.8 Å². The minimum absolute atomic E-state index is 0.0624. The number of carboxylic acids is 1. The average molecular weight is 234 g/mol. The molecule has 2 unspecified atom stereocenters. The number of carboxylic acid groups (broad SMARTS) is 1. The minimum atomic E-state index is -1.05. The van der Waals surface area contributed by atoms with Crippen LogP contribution in [0.5, 0.6) is 0 Å². The lowest BCUT2D eigenvalue weighted by molar-refractivity contribution is -0.142. The van der Waals surface area contributed by atoms with Gasteiger partial charge in [0.1, 0.15) is 0 Å². The summed E-state index contributed by atoms with van der Waals surface area (Å²) in [6.07, 6.45) is 1.63. The third kappa shape index (κ3) is 5.03. The van der Waals surface area contributed by atoms with Gasteiger partial charge in [0.25, 0.3) is 0 Å². The van der Waals surface area contributed by atoms with Gasteiger partial charge in [0, 0.05) is 18.8 Å². The highest BCUT2D eigenvalue weighted by Gasteiger charge is 2.23. The van der Waals surface area contributed by atoms with E-state index < -0.39 is 12.0 Å². The number of carbonyl (C=O) groups excluding carboxylic acids is 1. The van der Waals surface area contributed by atoms with Crippen molar-refractivity contribution < 1.29 is 14.7 Å². The molecule has 2 atom stereocenters. The van der Waals surface area contributed by atoms with Crippen LogP contribution in [0.4, 0.5) is 0 Å². The number of aliphatic carboxylic acids is 1. The zero-order valence-electron chi connectivity index (χ0n) is 9.27. The molecule has 0 aromatic heterocycles. The van der Waals surface area contributed by atoms with Crippen LogP contribution in [0.1, 0.15) is 13.3 Å². The number of amides is 1. The molecule has 3 N–H and O–H groups in total. The highest BCUT2D eigenvalue weighted by molar-refractivity contribution is 7.98. The molecule has 88 valence electrons. The Bertz CT molecular complexity index is 235. The zero-order chi connectivity index (χ0) is 12.0. The van der Waals surface area contributed by atoms with Gasteiger partial charge in [-0.05, 0) is 13.2 Å². The van der Waals surface area contributed by atoms with E-state index in [-0.39, 0.29) is 18.4 Å². The Balaban J connectivity index is 4.23. The van der Waals surface area contributed by atoms with Gasteiger partial charge >= 0.3 is 5.97 Å². The molecule has 0 aromatic carbocycles. The molecule has 0 spiro atoms.